The van der Waals surface area contributed by atoms with Crippen molar-refractivity contribution in [3.8, 4) is 0 Å². The fourth-order valence-corrected chi connectivity index (χ4v) is 3.79. The lowest BCUT2D eigenvalue weighted by atomic mass is 10.1. The Labute approximate surface area is 183 Å². The standard InChI is InChI=1S/C26H27N3O2/c1-19-8-12-23(13-9-19)27-25(30)21-10-14-24(15-11-21)29-17-5-16-28(26(29)31)18-22-7-4-3-6-20(22)2/h3-4,6-15H,5,16-18H2,1-2H3,(H,27,30). The number of benzene rings is 3. The van der Waals surface area contributed by atoms with Gasteiger partial charge in [0.2, 0.25) is 0 Å². The molecule has 1 aliphatic heterocycles. The molecule has 1 saturated heterocycles. The van der Waals surface area contributed by atoms with Crippen LogP contribution in [-0.2, 0) is 6.54 Å². The summed E-state index contributed by atoms with van der Waals surface area (Å²) < 4.78 is 0. The molecular weight excluding hydrogens is 386 g/mol. The van der Waals surface area contributed by atoms with Gasteiger partial charge in [-0.05, 0) is 67.8 Å². The molecule has 31 heavy (non-hydrogen) atoms. The third-order valence-electron chi connectivity index (χ3n) is 5.68. The Hall–Kier alpha value is -3.60. The molecule has 1 aliphatic rings. The van der Waals surface area contributed by atoms with Crippen LogP contribution in [0.1, 0.15) is 33.5 Å². The van der Waals surface area contributed by atoms with Gasteiger partial charge in [-0.1, -0.05) is 42.0 Å². The first kappa shape index (κ1) is 20.7. The first-order valence-corrected chi connectivity index (χ1v) is 10.6. The van der Waals surface area contributed by atoms with Crippen LogP contribution in [0.5, 0.6) is 0 Å². The molecule has 1 fully saturated rings. The summed E-state index contributed by atoms with van der Waals surface area (Å²) in [7, 11) is 0. The van der Waals surface area contributed by atoms with Crippen molar-refractivity contribution in [2.45, 2.75) is 26.8 Å². The molecular formula is C26H27N3O2. The van der Waals surface area contributed by atoms with Crippen molar-refractivity contribution in [2.24, 2.45) is 0 Å². The topological polar surface area (TPSA) is 52.7 Å². The van der Waals surface area contributed by atoms with E-state index < -0.39 is 0 Å². The van der Waals surface area contributed by atoms with Gasteiger partial charge in [0, 0.05) is 36.6 Å². The number of nitrogens with one attached hydrogen (secondary N) is 1. The van der Waals surface area contributed by atoms with Crippen molar-refractivity contribution < 1.29 is 9.59 Å². The first-order valence-electron chi connectivity index (χ1n) is 10.6. The van der Waals surface area contributed by atoms with Gasteiger partial charge < -0.3 is 10.2 Å². The smallest absolute Gasteiger partial charge is 0.322 e. The summed E-state index contributed by atoms with van der Waals surface area (Å²) in [4.78, 5) is 29.3. The number of urea groups is 1. The van der Waals surface area contributed by atoms with Crippen molar-refractivity contribution in [3.05, 3.63) is 95.1 Å². The maximum Gasteiger partial charge on any atom is 0.324 e. The van der Waals surface area contributed by atoms with Crippen LogP contribution in [0.2, 0.25) is 0 Å². The van der Waals surface area contributed by atoms with Crippen LogP contribution in [-0.4, -0.2) is 29.9 Å². The summed E-state index contributed by atoms with van der Waals surface area (Å²) in [5, 5.41) is 2.91. The largest absolute Gasteiger partial charge is 0.324 e. The highest BCUT2D eigenvalue weighted by Crippen LogP contribution is 2.23. The van der Waals surface area contributed by atoms with Crippen LogP contribution in [0.15, 0.2) is 72.8 Å². The number of carbonyl (C=O) groups excluding carboxylic acids is 2. The van der Waals surface area contributed by atoms with E-state index in [2.05, 4.69) is 24.4 Å². The number of carbonyl (C=O) groups is 2. The molecule has 0 aliphatic carbocycles. The third kappa shape index (κ3) is 4.77. The number of rotatable bonds is 5. The Morgan fingerprint density at radius 2 is 1.61 bits per heavy atom. The average Bonchev–Trinajstić information content (AvgIpc) is 2.78. The molecule has 0 radical (unpaired) electrons. The minimum absolute atomic E-state index is 0.00589. The summed E-state index contributed by atoms with van der Waals surface area (Å²) in [6.45, 7) is 6.12. The van der Waals surface area contributed by atoms with Crippen LogP contribution in [0.3, 0.4) is 0 Å². The zero-order valence-electron chi connectivity index (χ0n) is 18.0. The Morgan fingerprint density at radius 1 is 0.903 bits per heavy atom. The molecule has 0 aromatic heterocycles. The molecule has 0 atom stereocenters. The van der Waals surface area contributed by atoms with Crippen molar-refractivity contribution in [1.82, 2.24) is 4.90 Å². The highest BCUT2D eigenvalue weighted by molar-refractivity contribution is 6.04. The molecule has 5 nitrogen and oxygen atoms in total. The predicted molar refractivity (Wildman–Crippen MR) is 125 cm³/mol. The molecule has 0 saturated carbocycles. The van der Waals surface area contributed by atoms with Gasteiger partial charge in [0.15, 0.2) is 0 Å². The van der Waals surface area contributed by atoms with Gasteiger partial charge in [-0.15, -0.1) is 0 Å². The molecule has 4 rings (SSSR count). The van der Waals surface area contributed by atoms with Crippen LogP contribution in [0.4, 0.5) is 16.2 Å². The molecule has 1 N–H and O–H groups in total. The van der Waals surface area contributed by atoms with E-state index in [1.807, 2.05) is 60.4 Å². The molecule has 0 unspecified atom stereocenters. The summed E-state index contributed by atoms with van der Waals surface area (Å²) in [6, 6.07) is 23.1. The molecule has 3 aromatic rings. The highest BCUT2D eigenvalue weighted by Gasteiger charge is 2.27. The Balaban J connectivity index is 1.44. The summed E-state index contributed by atoms with van der Waals surface area (Å²) >= 11 is 0. The first-order chi connectivity index (χ1) is 15.0. The number of amides is 3. The van der Waals surface area contributed by atoms with Crippen LogP contribution in [0.25, 0.3) is 0 Å². The van der Waals surface area contributed by atoms with E-state index in [1.165, 1.54) is 11.1 Å². The van der Waals surface area contributed by atoms with Gasteiger partial charge in [-0.25, -0.2) is 4.79 Å². The van der Waals surface area contributed by atoms with Gasteiger partial charge in [0.1, 0.15) is 0 Å². The van der Waals surface area contributed by atoms with Crippen molar-refractivity contribution in [1.29, 1.82) is 0 Å². The fraction of sp³-hybridized carbons (Fsp3) is 0.231. The van der Waals surface area contributed by atoms with Crippen LogP contribution >= 0.6 is 0 Å². The number of hydrogen-bond acceptors (Lipinski definition) is 2. The second-order valence-corrected chi connectivity index (χ2v) is 8.00. The number of nitrogens with zero attached hydrogens (tertiary/aromatic N) is 2. The third-order valence-corrected chi connectivity index (χ3v) is 5.68. The molecule has 3 aromatic carbocycles. The van der Waals surface area contributed by atoms with E-state index in [0.29, 0.717) is 18.7 Å². The lowest BCUT2D eigenvalue weighted by Crippen LogP contribution is -2.49. The van der Waals surface area contributed by atoms with E-state index in [1.54, 1.807) is 17.0 Å². The maximum atomic E-state index is 13.1. The fourth-order valence-electron chi connectivity index (χ4n) is 3.79. The number of anilines is 2. The van der Waals surface area contributed by atoms with Gasteiger partial charge in [-0.2, -0.15) is 0 Å². The maximum absolute atomic E-state index is 13.1. The quantitative estimate of drug-likeness (QED) is 0.610. The van der Waals surface area contributed by atoms with Crippen LogP contribution < -0.4 is 10.2 Å². The zero-order chi connectivity index (χ0) is 21.8. The van der Waals surface area contributed by atoms with Crippen molar-refractivity contribution in [2.75, 3.05) is 23.3 Å². The lowest BCUT2D eigenvalue weighted by Gasteiger charge is -2.36. The van der Waals surface area contributed by atoms with E-state index >= 15 is 0 Å². The SMILES string of the molecule is Cc1ccc(NC(=O)c2ccc(N3CCCN(Cc4ccccc4C)C3=O)cc2)cc1. The van der Waals surface area contributed by atoms with E-state index in [0.717, 1.165) is 29.9 Å². The van der Waals surface area contributed by atoms with Gasteiger partial charge >= 0.3 is 6.03 Å². The predicted octanol–water partition coefficient (Wildman–Crippen LogP) is 5.39. The second-order valence-electron chi connectivity index (χ2n) is 8.00. The molecule has 0 bridgehead atoms. The Bertz CT molecular complexity index is 1070. The second kappa shape index (κ2) is 9.04. The molecule has 0 spiro atoms. The molecule has 5 heteroatoms. The zero-order valence-corrected chi connectivity index (χ0v) is 18.0. The van der Waals surface area contributed by atoms with E-state index in [9.17, 15) is 9.59 Å². The Kier molecular flexibility index (Phi) is 6.03. The minimum atomic E-state index is -0.165. The van der Waals surface area contributed by atoms with E-state index in [4.69, 9.17) is 0 Å². The van der Waals surface area contributed by atoms with Gasteiger partial charge in [-0.3, -0.25) is 9.69 Å². The molecule has 1 heterocycles. The van der Waals surface area contributed by atoms with Crippen molar-refractivity contribution >= 4 is 23.3 Å². The van der Waals surface area contributed by atoms with Gasteiger partial charge in [0.05, 0.1) is 0 Å². The van der Waals surface area contributed by atoms with E-state index in [-0.39, 0.29) is 11.9 Å². The summed E-state index contributed by atoms with van der Waals surface area (Å²) in [6.07, 6.45) is 0.910. The summed E-state index contributed by atoms with van der Waals surface area (Å²) in [5.41, 5.74) is 5.64. The number of hydrogen-bond donors (Lipinski definition) is 1. The molecule has 158 valence electrons. The Morgan fingerprint density at radius 3 is 2.32 bits per heavy atom. The average molecular weight is 414 g/mol. The molecule has 3 amide bonds. The van der Waals surface area contributed by atoms with Crippen molar-refractivity contribution in [3.63, 3.8) is 0 Å². The normalized spacial score (nSPS) is 13.9. The number of aryl methyl sites for hydroxylation is 2. The van der Waals surface area contributed by atoms with Gasteiger partial charge in [0.25, 0.3) is 5.91 Å². The monoisotopic (exact) mass is 413 g/mol. The minimum Gasteiger partial charge on any atom is -0.322 e. The lowest BCUT2D eigenvalue weighted by molar-refractivity contribution is 0.102. The van der Waals surface area contributed by atoms with Crippen LogP contribution in [0, 0.1) is 13.8 Å². The highest BCUT2D eigenvalue weighted by atomic mass is 16.2. The summed E-state index contributed by atoms with van der Waals surface area (Å²) in [5.74, 6) is -0.165.